The van der Waals surface area contributed by atoms with Crippen LogP contribution >= 0.6 is 11.6 Å². The second kappa shape index (κ2) is 3.77. The van der Waals surface area contributed by atoms with Crippen molar-refractivity contribution in [2.45, 2.75) is 13.0 Å². The third-order valence-electron chi connectivity index (χ3n) is 1.75. The molecule has 0 heterocycles. The van der Waals surface area contributed by atoms with Crippen LogP contribution in [-0.4, -0.2) is 16.2 Å². The Labute approximate surface area is 80.6 Å². The zero-order valence-electron chi connectivity index (χ0n) is 6.99. The number of hydrogen-bond donors (Lipinski definition) is 2. The first-order valence-electron chi connectivity index (χ1n) is 3.70. The molecule has 0 aliphatic heterocycles. The molecule has 2 N–H and O–H groups in total. The van der Waals surface area contributed by atoms with E-state index >= 15 is 0 Å². The summed E-state index contributed by atoms with van der Waals surface area (Å²) in [5.41, 5.74) is 0.980. The van der Waals surface area contributed by atoms with Gasteiger partial charge in [0.15, 0.2) is 6.10 Å². The molecule has 0 aromatic heterocycles. The lowest BCUT2D eigenvalue weighted by Gasteiger charge is -2.09. The number of aryl methyl sites for hydroxylation is 1. The highest BCUT2D eigenvalue weighted by Crippen LogP contribution is 2.25. The van der Waals surface area contributed by atoms with Gasteiger partial charge in [-0.15, -0.1) is 0 Å². The predicted octanol–water partition coefficient (Wildman–Crippen LogP) is 1.77. The van der Waals surface area contributed by atoms with Gasteiger partial charge in [0.05, 0.1) is 0 Å². The average Bonchev–Trinajstić information content (AvgIpc) is 2.08. The molecule has 0 fully saturated rings. The molecule has 1 aromatic carbocycles. The van der Waals surface area contributed by atoms with Gasteiger partial charge in [-0.05, 0) is 12.5 Å². The summed E-state index contributed by atoms with van der Waals surface area (Å²) in [7, 11) is 0. The summed E-state index contributed by atoms with van der Waals surface area (Å²) < 4.78 is 0. The Morgan fingerprint density at radius 2 is 2.15 bits per heavy atom. The van der Waals surface area contributed by atoms with Crippen LogP contribution in [0.4, 0.5) is 0 Å². The Morgan fingerprint density at radius 3 is 2.69 bits per heavy atom. The van der Waals surface area contributed by atoms with Crippen LogP contribution in [-0.2, 0) is 4.79 Å². The lowest BCUT2D eigenvalue weighted by atomic mass is 10.1. The van der Waals surface area contributed by atoms with Crippen molar-refractivity contribution in [3.63, 3.8) is 0 Å². The van der Waals surface area contributed by atoms with Crippen molar-refractivity contribution in [1.29, 1.82) is 0 Å². The molecule has 0 saturated heterocycles. The van der Waals surface area contributed by atoms with Crippen LogP contribution in [0.5, 0.6) is 0 Å². The monoisotopic (exact) mass is 200 g/mol. The summed E-state index contributed by atoms with van der Waals surface area (Å²) in [5, 5.41) is 18.1. The van der Waals surface area contributed by atoms with Crippen molar-refractivity contribution in [1.82, 2.24) is 0 Å². The molecule has 0 aliphatic rings. The van der Waals surface area contributed by atoms with Crippen molar-refractivity contribution in [2.75, 3.05) is 0 Å². The molecule has 1 rings (SSSR count). The van der Waals surface area contributed by atoms with Crippen LogP contribution in [0.2, 0.25) is 5.02 Å². The molecule has 0 spiro atoms. The molecular formula is C9H9ClO3. The normalized spacial score (nSPS) is 12.5. The molecule has 0 saturated carbocycles. The maximum Gasteiger partial charge on any atom is 0.337 e. The Kier molecular flexibility index (Phi) is 2.90. The first kappa shape index (κ1) is 10.0. The molecule has 1 atom stereocenters. The standard InChI is InChI=1S/C9H9ClO3/c1-5-3-2-4-6(7(5)10)8(11)9(12)13/h2-4,8,11H,1H3,(H,12,13). The SMILES string of the molecule is Cc1cccc(C(O)C(=O)O)c1Cl. The lowest BCUT2D eigenvalue weighted by Crippen LogP contribution is -2.11. The Hall–Kier alpha value is -1.06. The minimum absolute atomic E-state index is 0.231. The van der Waals surface area contributed by atoms with Gasteiger partial charge in [0.1, 0.15) is 0 Å². The molecule has 0 aliphatic carbocycles. The van der Waals surface area contributed by atoms with Crippen molar-refractivity contribution < 1.29 is 15.0 Å². The van der Waals surface area contributed by atoms with Crippen LogP contribution in [0.25, 0.3) is 0 Å². The molecular weight excluding hydrogens is 192 g/mol. The number of rotatable bonds is 2. The van der Waals surface area contributed by atoms with E-state index in [1.807, 2.05) is 0 Å². The summed E-state index contributed by atoms with van der Waals surface area (Å²) in [5.74, 6) is -1.30. The van der Waals surface area contributed by atoms with Gasteiger partial charge >= 0.3 is 5.97 Å². The zero-order valence-corrected chi connectivity index (χ0v) is 7.75. The average molecular weight is 201 g/mol. The number of aliphatic carboxylic acids is 1. The minimum atomic E-state index is -1.55. The van der Waals surface area contributed by atoms with Crippen molar-refractivity contribution in [3.05, 3.63) is 34.3 Å². The van der Waals surface area contributed by atoms with Crippen LogP contribution in [0.1, 0.15) is 17.2 Å². The molecule has 4 heteroatoms. The van der Waals surface area contributed by atoms with E-state index in [2.05, 4.69) is 0 Å². The van der Waals surface area contributed by atoms with E-state index in [1.54, 1.807) is 19.1 Å². The van der Waals surface area contributed by atoms with Crippen LogP contribution in [0.3, 0.4) is 0 Å². The molecule has 0 amide bonds. The van der Waals surface area contributed by atoms with E-state index < -0.39 is 12.1 Å². The van der Waals surface area contributed by atoms with Gasteiger partial charge in [-0.2, -0.15) is 0 Å². The largest absolute Gasteiger partial charge is 0.479 e. The summed E-state index contributed by atoms with van der Waals surface area (Å²) in [6, 6.07) is 4.90. The van der Waals surface area contributed by atoms with E-state index in [9.17, 15) is 9.90 Å². The molecule has 1 unspecified atom stereocenters. The lowest BCUT2D eigenvalue weighted by molar-refractivity contribution is -0.146. The van der Waals surface area contributed by atoms with Crippen LogP contribution in [0, 0.1) is 6.92 Å². The number of hydrogen-bond acceptors (Lipinski definition) is 2. The van der Waals surface area contributed by atoms with Crippen LogP contribution in [0.15, 0.2) is 18.2 Å². The van der Waals surface area contributed by atoms with Crippen molar-refractivity contribution in [3.8, 4) is 0 Å². The van der Waals surface area contributed by atoms with E-state index in [-0.39, 0.29) is 5.56 Å². The summed E-state index contributed by atoms with van der Waals surface area (Å²) in [4.78, 5) is 10.5. The fourth-order valence-corrected chi connectivity index (χ4v) is 1.24. The quantitative estimate of drug-likeness (QED) is 0.765. The first-order valence-corrected chi connectivity index (χ1v) is 4.07. The van der Waals surface area contributed by atoms with E-state index in [1.165, 1.54) is 6.07 Å². The van der Waals surface area contributed by atoms with Gasteiger partial charge in [0.2, 0.25) is 0 Å². The van der Waals surface area contributed by atoms with Gasteiger partial charge in [0.25, 0.3) is 0 Å². The summed E-state index contributed by atoms with van der Waals surface area (Å²) in [6.45, 7) is 1.75. The predicted molar refractivity (Wildman–Crippen MR) is 48.8 cm³/mol. The second-order valence-corrected chi connectivity index (χ2v) is 3.10. The third kappa shape index (κ3) is 1.99. The summed E-state index contributed by atoms with van der Waals surface area (Å²) in [6.07, 6.45) is -1.55. The number of carbonyl (C=O) groups is 1. The molecule has 70 valence electrons. The molecule has 13 heavy (non-hydrogen) atoms. The Morgan fingerprint density at radius 1 is 1.54 bits per heavy atom. The maximum atomic E-state index is 10.5. The minimum Gasteiger partial charge on any atom is -0.479 e. The van der Waals surface area contributed by atoms with E-state index in [0.717, 1.165) is 5.56 Å². The fraction of sp³-hybridized carbons (Fsp3) is 0.222. The molecule has 3 nitrogen and oxygen atoms in total. The van der Waals surface area contributed by atoms with Gasteiger partial charge < -0.3 is 10.2 Å². The van der Waals surface area contributed by atoms with E-state index in [4.69, 9.17) is 16.7 Å². The number of carboxylic acids is 1. The highest BCUT2D eigenvalue weighted by Gasteiger charge is 2.19. The third-order valence-corrected chi connectivity index (χ3v) is 2.27. The van der Waals surface area contributed by atoms with Gasteiger partial charge in [0, 0.05) is 10.6 Å². The topological polar surface area (TPSA) is 57.5 Å². The van der Waals surface area contributed by atoms with Gasteiger partial charge in [-0.3, -0.25) is 0 Å². The molecule has 0 bridgehead atoms. The number of carboxylic acid groups (broad SMARTS) is 1. The maximum absolute atomic E-state index is 10.5. The van der Waals surface area contributed by atoms with Gasteiger partial charge in [-0.1, -0.05) is 29.8 Å². The number of benzene rings is 1. The highest BCUT2D eigenvalue weighted by atomic mass is 35.5. The van der Waals surface area contributed by atoms with Crippen LogP contribution < -0.4 is 0 Å². The molecule has 1 aromatic rings. The highest BCUT2D eigenvalue weighted by molar-refractivity contribution is 6.32. The van der Waals surface area contributed by atoms with Gasteiger partial charge in [-0.25, -0.2) is 4.79 Å². The summed E-state index contributed by atoms with van der Waals surface area (Å²) >= 11 is 5.81. The van der Waals surface area contributed by atoms with E-state index in [0.29, 0.717) is 5.02 Å². The Bertz CT molecular complexity index is 336. The second-order valence-electron chi connectivity index (χ2n) is 2.72. The first-order chi connectivity index (χ1) is 6.04. The Balaban J connectivity index is 3.15. The molecule has 0 radical (unpaired) electrons. The number of halogens is 1. The number of aliphatic hydroxyl groups is 1. The number of aliphatic hydroxyl groups excluding tert-OH is 1. The zero-order chi connectivity index (χ0) is 10.0. The van der Waals surface area contributed by atoms with Crippen molar-refractivity contribution in [2.24, 2.45) is 0 Å². The smallest absolute Gasteiger partial charge is 0.337 e. The fourth-order valence-electron chi connectivity index (χ4n) is 1.01. The van der Waals surface area contributed by atoms with Crippen molar-refractivity contribution >= 4 is 17.6 Å².